The number of benzene rings is 1. The summed E-state index contributed by atoms with van der Waals surface area (Å²) in [6.07, 6.45) is 1.05. The summed E-state index contributed by atoms with van der Waals surface area (Å²) in [5.74, 6) is -1.02. The number of aliphatic carboxylic acids is 1. The average molecular weight is 285 g/mol. The van der Waals surface area contributed by atoms with Crippen molar-refractivity contribution in [1.29, 1.82) is 0 Å². The van der Waals surface area contributed by atoms with E-state index < -0.39 is 22.0 Å². The van der Waals surface area contributed by atoms with Crippen molar-refractivity contribution in [3.05, 3.63) is 29.8 Å². The Hall–Kier alpha value is -1.40. The first kappa shape index (κ1) is 15.7. The molecule has 5 nitrogen and oxygen atoms in total. The molecule has 0 saturated carbocycles. The number of hydrogen-bond acceptors (Lipinski definition) is 3. The maximum Gasteiger partial charge on any atom is 0.304 e. The third kappa shape index (κ3) is 4.65. The molecule has 0 saturated heterocycles. The highest BCUT2D eigenvalue weighted by molar-refractivity contribution is 7.89. The van der Waals surface area contributed by atoms with Crippen LogP contribution in [0.3, 0.4) is 0 Å². The molecule has 1 aromatic rings. The lowest BCUT2D eigenvalue weighted by Gasteiger charge is -2.15. The van der Waals surface area contributed by atoms with Crippen molar-refractivity contribution in [3.8, 4) is 0 Å². The van der Waals surface area contributed by atoms with Gasteiger partial charge in [0.25, 0.3) is 0 Å². The molecule has 0 heterocycles. The minimum absolute atomic E-state index is 0.161. The first-order valence-electron chi connectivity index (χ1n) is 6.22. The number of carboxylic acids is 1. The van der Waals surface area contributed by atoms with Crippen molar-refractivity contribution in [2.75, 3.05) is 0 Å². The van der Waals surface area contributed by atoms with E-state index in [1.54, 1.807) is 19.1 Å². The van der Waals surface area contributed by atoms with Gasteiger partial charge in [-0.2, -0.15) is 0 Å². The number of nitrogens with one attached hydrogen (secondary N) is 1. The van der Waals surface area contributed by atoms with Gasteiger partial charge >= 0.3 is 5.97 Å². The smallest absolute Gasteiger partial charge is 0.304 e. The molecule has 0 fully saturated rings. The van der Waals surface area contributed by atoms with Crippen molar-refractivity contribution < 1.29 is 18.3 Å². The van der Waals surface area contributed by atoms with Crippen molar-refractivity contribution in [2.24, 2.45) is 0 Å². The zero-order chi connectivity index (χ0) is 14.5. The molecule has 1 aromatic carbocycles. The first-order valence-corrected chi connectivity index (χ1v) is 7.70. The van der Waals surface area contributed by atoms with Crippen LogP contribution in [0.4, 0.5) is 0 Å². The molecule has 1 unspecified atom stereocenters. The van der Waals surface area contributed by atoms with Crippen LogP contribution in [0.15, 0.2) is 29.2 Å². The van der Waals surface area contributed by atoms with Crippen LogP contribution < -0.4 is 4.72 Å². The van der Waals surface area contributed by atoms with E-state index in [9.17, 15) is 13.2 Å². The second-order valence-corrected chi connectivity index (χ2v) is 6.04. The highest BCUT2D eigenvalue weighted by atomic mass is 32.2. The zero-order valence-electron chi connectivity index (χ0n) is 11.1. The summed E-state index contributed by atoms with van der Waals surface area (Å²) in [6, 6.07) is 6.00. The van der Waals surface area contributed by atoms with Gasteiger partial charge in [-0.15, -0.1) is 0 Å². The van der Waals surface area contributed by atoms with Gasteiger partial charge in [0.1, 0.15) is 0 Å². The van der Waals surface area contributed by atoms with Crippen LogP contribution in [0, 0.1) is 0 Å². The molecule has 6 heteroatoms. The van der Waals surface area contributed by atoms with E-state index in [-0.39, 0.29) is 11.3 Å². The topological polar surface area (TPSA) is 83.5 Å². The lowest BCUT2D eigenvalue weighted by atomic mass is 10.2. The molecule has 0 amide bonds. The number of rotatable bonds is 7. The molecule has 2 N–H and O–H groups in total. The fraction of sp³-hybridized carbons (Fsp3) is 0.462. The molecule has 106 valence electrons. The lowest BCUT2D eigenvalue weighted by molar-refractivity contribution is -0.137. The summed E-state index contributed by atoms with van der Waals surface area (Å²) >= 11 is 0. The number of carboxylic acid groups (broad SMARTS) is 1. The maximum atomic E-state index is 12.1. The number of carbonyl (C=O) groups is 1. The lowest BCUT2D eigenvalue weighted by Crippen LogP contribution is -2.36. The Kier molecular flexibility index (Phi) is 5.50. The van der Waals surface area contributed by atoms with Crippen LogP contribution in [0.1, 0.15) is 32.3 Å². The molecular formula is C13H19NO4S. The summed E-state index contributed by atoms with van der Waals surface area (Å²) in [5, 5.41) is 8.72. The monoisotopic (exact) mass is 285 g/mol. The largest absolute Gasteiger partial charge is 0.481 e. The SMILES string of the molecule is CCc1ccc(S(=O)(=O)NC(CC)CC(=O)O)cc1. The Labute approximate surface area is 113 Å². The molecule has 1 rings (SSSR count). The molecule has 0 bridgehead atoms. The van der Waals surface area contributed by atoms with Crippen LogP contribution in [0.5, 0.6) is 0 Å². The summed E-state index contributed by atoms with van der Waals surface area (Å²) in [7, 11) is -3.66. The van der Waals surface area contributed by atoms with E-state index in [1.165, 1.54) is 12.1 Å². The summed E-state index contributed by atoms with van der Waals surface area (Å²) < 4.78 is 26.6. The van der Waals surface area contributed by atoms with Crippen LogP contribution >= 0.6 is 0 Å². The normalized spacial score (nSPS) is 13.2. The van der Waals surface area contributed by atoms with Crippen molar-refractivity contribution >= 4 is 16.0 Å². The molecule has 19 heavy (non-hydrogen) atoms. The zero-order valence-corrected chi connectivity index (χ0v) is 11.9. The van der Waals surface area contributed by atoms with E-state index in [0.717, 1.165) is 12.0 Å². The van der Waals surface area contributed by atoms with Crippen molar-refractivity contribution in [2.45, 2.75) is 44.0 Å². The van der Waals surface area contributed by atoms with Gasteiger partial charge in [0.2, 0.25) is 10.0 Å². The quantitative estimate of drug-likeness (QED) is 0.800. The average Bonchev–Trinajstić information content (AvgIpc) is 2.37. The fourth-order valence-corrected chi connectivity index (χ4v) is 2.99. The van der Waals surface area contributed by atoms with E-state index in [1.807, 2.05) is 6.92 Å². The Bertz CT molecular complexity index is 522. The minimum Gasteiger partial charge on any atom is -0.481 e. The van der Waals surface area contributed by atoms with E-state index in [2.05, 4.69) is 4.72 Å². The highest BCUT2D eigenvalue weighted by Gasteiger charge is 2.20. The van der Waals surface area contributed by atoms with Gasteiger partial charge in [-0.25, -0.2) is 13.1 Å². The number of hydrogen-bond donors (Lipinski definition) is 2. The summed E-state index contributed by atoms with van der Waals surface area (Å²) in [4.78, 5) is 10.8. The molecule has 0 aromatic heterocycles. The van der Waals surface area contributed by atoms with Gasteiger partial charge in [0.15, 0.2) is 0 Å². The van der Waals surface area contributed by atoms with Crippen molar-refractivity contribution in [1.82, 2.24) is 4.72 Å². The Balaban J connectivity index is 2.86. The number of aryl methyl sites for hydroxylation is 1. The van der Waals surface area contributed by atoms with Gasteiger partial charge in [-0.1, -0.05) is 26.0 Å². The van der Waals surface area contributed by atoms with Gasteiger partial charge in [-0.3, -0.25) is 4.79 Å². The predicted molar refractivity (Wildman–Crippen MR) is 72.5 cm³/mol. The molecule has 1 atom stereocenters. The van der Waals surface area contributed by atoms with Gasteiger partial charge in [0.05, 0.1) is 11.3 Å². The minimum atomic E-state index is -3.66. The molecule has 0 spiro atoms. The standard InChI is InChI=1S/C13H19NO4S/c1-3-10-5-7-12(8-6-10)19(17,18)14-11(4-2)9-13(15)16/h5-8,11,14H,3-4,9H2,1-2H3,(H,15,16). The third-order valence-electron chi connectivity index (χ3n) is 2.88. The molecule has 0 radical (unpaired) electrons. The second kappa shape index (κ2) is 6.68. The van der Waals surface area contributed by atoms with Gasteiger partial charge in [-0.05, 0) is 30.5 Å². The van der Waals surface area contributed by atoms with E-state index in [0.29, 0.717) is 6.42 Å². The molecule has 0 aliphatic heterocycles. The van der Waals surface area contributed by atoms with Crippen LogP contribution in [-0.2, 0) is 21.2 Å². The van der Waals surface area contributed by atoms with Crippen LogP contribution in [-0.4, -0.2) is 25.5 Å². The first-order chi connectivity index (χ1) is 8.89. The Morgan fingerprint density at radius 1 is 1.26 bits per heavy atom. The fourth-order valence-electron chi connectivity index (χ4n) is 1.67. The number of sulfonamides is 1. The van der Waals surface area contributed by atoms with E-state index in [4.69, 9.17) is 5.11 Å². The predicted octanol–water partition coefficient (Wildman–Crippen LogP) is 1.78. The van der Waals surface area contributed by atoms with Crippen molar-refractivity contribution in [3.63, 3.8) is 0 Å². The van der Waals surface area contributed by atoms with E-state index >= 15 is 0 Å². The second-order valence-electron chi connectivity index (χ2n) is 4.32. The third-order valence-corrected chi connectivity index (χ3v) is 4.41. The molecular weight excluding hydrogens is 266 g/mol. The van der Waals surface area contributed by atoms with Crippen LogP contribution in [0.25, 0.3) is 0 Å². The molecule has 0 aliphatic rings. The highest BCUT2D eigenvalue weighted by Crippen LogP contribution is 2.13. The van der Waals surface area contributed by atoms with Gasteiger partial charge < -0.3 is 5.11 Å². The Morgan fingerprint density at radius 2 is 1.84 bits per heavy atom. The van der Waals surface area contributed by atoms with Crippen LogP contribution in [0.2, 0.25) is 0 Å². The Morgan fingerprint density at radius 3 is 2.26 bits per heavy atom. The molecule has 0 aliphatic carbocycles. The summed E-state index contributed by atoms with van der Waals surface area (Å²) in [6.45, 7) is 3.73. The maximum absolute atomic E-state index is 12.1. The van der Waals surface area contributed by atoms with Gasteiger partial charge in [0, 0.05) is 6.04 Å². The summed E-state index contributed by atoms with van der Waals surface area (Å²) in [5.41, 5.74) is 1.05.